The zero-order valence-corrected chi connectivity index (χ0v) is 12.5. The molecule has 1 heterocycles. The van der Waals surface area contributed by atoms with E-state index in [2.05, 4.69) is 36.3 Å². The van der Waals surface area contributed by atoms with Gasteiger partial charge in [0.2, 0.25) is 0 Å². The number of rotatable bonds is 6. The van der Waals surface area contributed by atoms with Crippen molar-refractivity contribution < 1.29 is 4.74 Å². The molecule has 0 spiro atoms. The second-order valence-corrected chi connectivity index (χ2v) is 5.68. The number of nitrogens with zero attached hydrogens (tertiary/aromatic N) is 1. The van der Waals surface area contributed by atoms with E-state index in [0.29, 0.717) is 0 Å². The van der Waals surface area contributed by atoms with Gasteiger partial charge in [0, 0.05) is 24.2 Å². The Bertz CT molecular complexity index is 537. The van der Waals surface area contributed by atoms with Crippen LogP contribution in [0.5, 0.6) is 5.75 Å². The first-order chi connectivity index (χ1) is 9.22. The maximum Gasteiger partial charge on any atom is 0.121 e. The number of nitrogens with one attached hydrogen (secondary N) is 1. The molecule has 1 aromatic heterocycles. The van der Waals surface area contributed by atoms with E-state index in [1.807, 2.05) is 12.3 Å². The summed E-state index contributed by atoms with van der Waals surface area (Å²) in [6.45, 7) is 5.91. The largest absolute Gasteiger partial charge is 0.496 e. The van der Waals surface area contributed by atoms with Gasteiger partial charge >= 0.3 is 0 Å². The fourth-order valence-electron chi connectivity index (χ4n) is 1.96. The highest BCUT2D eigenvalue weighted by Crippen LogP contribution is 2.18. The van der Waals surface area contributed by atoms with Crippen molar-refractivity contribution in [2.24, 2.45) is 0 Å². The summed E-state index contributed by atoms with van der Waals surface area (Å²) < 4.78 is 5.26. The summed E-state index contributed by atoms with van der Waals surface area (Å²) in [4.78, 5) is 5.74. The SMILES string of the molecule is CCc1cnc(CNCc2ccc(OC)c(C)c2)s1. The average molecular weight is 276 g/mol. The molecule has 0 aliphatic heterocycles. The average Bonchev–Trinajstić information content (AvgIpc) is 2.87. The molecule has 2 aromatic rings. The van der Waals surface area contributed by atoms with Crippen LogP contribution in [0.4, 0.5) is 0 Å². The van der Waals surface area contributed by atoms with Crippen LogP contribution in [0.3, 0.4) is 0 Å². The lowest BCUT2D eigenvalue weighted by atomic mass is 10.1. The fraction of sp³-hybridized carbons (Fsp3) is 0.400. The van der Waals surface area contributed by atoms with Crippen molar-refractivity contribution in [2.75, 3.05) is 7.11 Å². The molecule has 0 amide bonds. The van der Waals surface area contributed by atoms with Crippen molar-refractivity contribution in [2.45, 2.75) is 33.4 Å². The Morgan fingerprint density at radius 3 is 2.79 bits per heavy atom. The topological polar surface area (TPSA) is 34.2 Å². The quantitative estimate of drug-likeness (QED) is 0.879. The summed E-state index contributed by atoms with van der Waals surface area (Å²) in [5, 5.41) is 4.58. The summed E-state index contributed by atoms with van der Waals surface area (Å²) in [5.74, 6) is 0.941. The molecule has 0 unspecified atom stereocenters. The number of aromatic nitrogens is 1. The molecule has 19 heavy (non-hydrogen) atoms. The monoisotopic (exact) mass is 276 g/mol. The smallest absolute Gasteiger partial charge is 0.121 e. The number of methoxy groups -OCH3 is 1. The normalized spacial score (nSPS) is 10.7. The van der Waals surface area contributed by atoms with Crippen LogP contribution in [-0.2, 0) is 19.5 Å². The predicted molar refractivity (Wildman–Crippen MR) is 79.8 cm³/mol. The number of hydrogen-bond donors (Lipinski definition) is 1. The molecule has 0 atom stereocenters. The molecule has 1 N–H and O–H groups in total. The van der Waals surface area contributed by atoms with Crippen LogP contribution >= 0.6 is 11.3 Å². The van der Waals surface area contributed by atoms with Gasteiger partial charge in [-0.25, -0.2) is 4.98 Å². The zero-order valence-electron chi connectivity index (χ0n) is 11.7. The second kappa shape index (κ2) is 6.68. The van der Waals surface area contributed by atoms with Gasteiger partial charge in [0.05, 0.1) is 7.11 Å². The van der Waals surface area contributed by atoms with Gasteiger partial charge in [-0.1, -0.05) is 19.1 Å². The van der Waals surface area contributed by atoms with Gasteiger partial charge in [0.25, 0.3) is 0 Å². The maximum atomic E-state index is 5.26. The van der Waals surface area contributed by atoms with E-state index in [9.17, 15) is 0 Å². The Morgan fingerprint density at radius 2 is 2.16 bits per heavy atom. The molecular weight excluding hydrogens is 256 g/mol. The third kappa shape index (κ3) is 3.78. The molecule has 0 radical (unpaired) electrons. The van der Waals surface area contributed by atoms with Gasteiger partial charge in [-0.05, 0) is 30.5 Å². The summed E-state index contributed by atoms with van der Waals surface area (Å²) in [6.07, 6.45) is 3.04. The van der Waals surface area contributed by atoms with Gasteiger partial charge in [-0.3, -0.25) is 0 Å². The number of aryl methyl sites for hydroxylation is 2. The Hall–Kier alpha value is -1.39. The maximum absolute atomic E-state index is 5.26. The van der Waals surface area contributed by atoms with E-state index in [-0.39, 0.29) is 0 Å². The molecule has 2 rings (SSSR count). The molecule has 3 nitrogen and oxygen atoms in total. The lowest BCUT2D eigenvalue weighted by molar-refractivity contribution is 0.411. The van der Waals surface area contributed by atoms with Crippen LogP contribution in [-0.4, -0.2) is 12.1 Å². The first-order valence-electron chi connectivity index (χ1n) is 6.50. The van der Waals surface area contributed by atoms with E-state index in [1.165, 1.54) is 16.0 Å². The van der Waals surface area contributed by atoms with Crippen LogP contribution in [0, 0.1) is 6.92 Å². The van der Waals surface area contributed by atoms with Crippen LogP contribution in [0.1, 0.15) is 27.9 Å². The van der Waals surface area contributed by atoms with Crippen molar-refractivity contribution in [3.05, 3.63) is 45.4 Å². The van der Waals surface area contributed by atoms with Gasteiger partial charge in [-0.2, -0.15) is 0 Å². The third-order valence-electron chi connectivity index (χ3n) is 3.01. The van der Waals surface area contributed by atoms with Crippen molar-refractivity contribution in [3.63, 3.8) is 0 Å². The molecule has 102 valence electrons. The van der Waals surface area contributed by atoms with E-state index in [1.54, 1.807) is 18.4 Å². The van der Waals surface area contributed by atoms with E-state index >= 15 is 0 Å². The van der Waals surface area contributed by atoms with Crippen molar-refractivity contribution in [1.29, 1.82) is 0 Å². The van der Waals surface area contributed by atoms with Crippen molar-refractivity contribution in [3.8, 4) is 5.75 Å². The molecule has 4 heteroatoms. The third-order valence-corrected chi connectivity index (χ3v) is 4.16. The summed E-state index contributed by atoms with van der Waals surface area (Å²) in [6, 6.07) is 6.27. The van der Waals surface area contributed by atoms with Crippen LogP contribution in [0.2, 0.25) is 0 Å². The van der Waals surface area contributed by atoms with E-state index in [4.69, 9.17) is 4.74 Å². The first kappa shape index (κ1) is 14.0. The van der Waals surface area contributed by atoms with Crippen LogP contribution in [0.15, 0.2) is 24.4 Å². The van der Waals surface area contributed by atoms with Gasteiger partial charge < -0.3 is 10.1 Å². The number of ether oxygens (including phenoxy) is 1. The molecule has 0 aliphatic carbocycles. The van der Waals surface area contributed by atoms with Crippen molar-refractivity contribution >= 4 is 11.3 Å². The number of hydrogen-bond acceptors (Lipinski definition) is 4. The lowest BCUT2D eigenvalue weighted by Gasteiger charge is -2.08. The Morgan fingerprint density at radius 1 is 1.32 bits per heavy atom. The Balaban J connectivity index is 1.87. The minimum Gasteiger partial charge on any atom is -0.496 e. The highest BCUT2D eigenvalue weighted by Gasteiger charge is 2.02. The molecular formula is C15H20N2OS. The van der Waals surface area contributed by atoms with E-state index < -0.39 is 0 Å². The Labute approximate surface area is 118 Å². The second-order valence-electron chi connectivity index (χ2n) is 4.48. The molecule has 0 fully saturated rings. The van der Waals surface area contributed by atoms with Crippen LogP contribution in [0.25, 0.3) is 0 Å². The molecule has 1 aromatic carbocycles. The number of thiazole rings is 1. The summed E-state index contributed by atoms with van der Waals surface area (Å²) >= 11 is 1.78. The van der Waals surface area contributed by atoms with Gasteiger partial charge in [-0.15, -0.1) is 11.3 Å². The molecule has 0 bridgehead atoms. The van der Waals surface area contributed by atoms with Crippen LogP contribution < -0.4 is 10.1 Å². The molecule has 0 saturated carbocycles. The summed E-state index contributed by atoms with van der Waals surface area (Å²) in [5.41, 5.74) is 2.44. The molecule has 0 aliphatic rings. The lowest BCUT2D eigenvalue weighted by Crippen LogP contribution is -2.12. The minimum atomic E-state index is 0.829. The highest BCUT2D eigenvalue weighted by molar-refractivity contribution is 7.11. The Kier molecular flexibility index (Phi) is 4.93. The standard InChI is InChI=1S/C15H20N2OS/c1-4-13-9-17-15(19-13)10-16-8-12-5-6-14(18-3)11(2)7-12/h5-7,9,16H,4,8,10H2,1-3H3. The fourth-order valence-corrected chi connectivity index (χ4v) is 2.79. The molecule has 0 saturated heterocycles. The number of benzene rings is 1. The van der Waals surface area contributed by atoms with Crippen molar-refractivity contribution in [1.82, 2.24) is 10.3 Å². The van der Waals surface area contributed by atoms with E-state index in [0.717, 1.165) is 30.3 Å². The highest BCUT2D eigenvalue weighted by atomic mass is 32.1. The van der Waals surface area contributed by atoms with Gasteiger partial charge in [0.15, 0.2) is 0 Å². The van der Waals surface area contributed by atoms with Gasteiger partial charge in [0.1, 0.15) is 10.8 Å². The minimum absolute atomic E-state index is 0.829. The first-order valence-corrected chi connectivity index (χ1v) is 7.32. The summed E-state index contributed by atoms with van der Waals surface area (Å²) in [7, 11) is 1.70. The predicted octanol–water partition coefficient (Wildman–Crippen LogP) is 3.31. The zero-order chi connectivity index (χ0) is 13.7.